The normalized spacial score (nSPS) is 24.2. The molecule has 2 atom stereocenters. The molecule has 0 amide bonds. The van der Waals surface area contributed by atoms with Crippen molar-refractivity contribution in [2.45, 2.75) is 57.4 Å². The van der Waals surface area contributed by atoms with Crippen LogP contribution >= 0.6 is 11.8 Å². The fourth-order valence-corrected chi connectivity index (χ4v) is 3.81. The number of hydrogen-bond acceptors (Lipinski definition) is 2. The Labute approximate surface area is 116 Å². The third-order valence-corrected chi connectivity index (χ3v) is 5.23. The lowest BCUT2D eigenvalue weighted by molar-refractivity contribution is 0.383. The molecule has 0 bridgehead atoms. The van der Waals surface area contributed by atoms with E-state index in [1.807, 2.05) is 11.8 Å². The monoisotopic (exact) mass is 263 g/mol. The van der Waals surface area contributed by atoms with Crippen LogP contribution in [0.25, 0.3) is 0 Å². The largest absolute Gasteiger partial charge is 0.309 e. The molecule has 18 heavy (non-hydrogen) atoms. The Kier molecular flexibility index (Phi) is 5.13. The van der Waals surface area contributed by atoms with E-state index >= 15 is 0 Å². The molecule has 1 aliphatic carbocycles. The molecule has 0 aliphatic heterocycles. The van der Waals surface area contributed by atoms with Gasteiger partial charge in [-0.2, -0.15) is 11.8 Å². The van der Waals surface area contributed by atoms with Crippen molar-refractivity contribution in [1.82, 2.24) is 5.32 Å². The van der Waals surface area contributed by atoms with E-state index in [1.165, 1.54) is 42.4 Å². The number of benzene rings is 1. The highest BCUT2D eigenvalue weighted by atomic mass is 32.2. The van der Waals surface area contributed by atoms with Crippen LogP contribution in [0.3, 0.4) is 0 Å². The number of thioether (sulfide) groups is 1. The molecule has 0 radical (unpaired) electrons. The van der Waals surface area contributed by atoms with E-state index in [1.54, 1.807) is 0 Å². The highest BCUT2D eigenvalue weighted by molar-refractivity contribution is 7.99. The Hall–Kier alpha value is -0.470. The summed E-state index contributed by atoms with van der Waals surface area (Å²) in [5.74, 6) is 0. The molecule has 1 nitrogen and oxygen atoms in total. The quantitative estimate of drug-likeness (QED) is 0.879. The van der Waals surface area contributed by atoms with Crippen LogP contribution in [0, 0.1) is 13.8 Å². The van der Waals surface area contributed by atoms with Gasteiger partial charge in [0, 0.05) is 17.8 Å². The number of aryl methyl sites for hydroxylation is 2. The summed E-state index contributed by atoms with van der Waals surface area (Å²) in [6.45, 7) is 5.41. The van der Waals surface area contributed by atoms with Gasteiger partial charge >= 0.3 is 0 Å². The third kappa shape index (κ3) is 3.52. The first-order valence-electron chi connectivity index (χ1n) is 7.03. The summed E-state index contributed by atoms with van der Waals surface area (Å²) in [7, 11) is 0. The molecule has 0 saturated heterocycles. The van der Waals surface area contributed by atoms with E-state index in [2.05, 4.69) is 43.6 Å². The van der Waals surface area contributed by atoms with Crippen molar-refractivity contribution in [3.8, 4) is 0 Å². The molecule has 1 aromatic rings. The molecular formula is C16H25NS. The lowest BCUT2D eigenvalue weighted by atomic mass is 9.94. The first kappa shape index (κ1) is 14.0. The van der Waals surface area contributed by atoms with Crippen LogP contribution in [0.2, 0.25) is 0 Å². The average Bonchev–Trinajstić information content (AvgIpc) is 2.40. The second kappa shape index (κ2) is 6.63. The minimum atomic E-state index is 0.702. The van der Waals surface area contributed by atoms with Crippen LogP contribution in [-0.2, 0) is 6.54 Å². The standard InChI is InChI=1S/C16H25NS/c1-12-8-9-13(2)14(10-12)11-17-15-6-4-5-7-16(15)18-3/h8-10,15-17H,4-7,11H2,1-3H3. The van der Waals surface area contributed by atoms with Crippen molar-refractivity contribution in [1.29, 1.82) is 0 Å². The zero-order chi connectivity index (χ0) is 13.0. The Morgan fingerprint density at radius 2 is 2.00 bits per heavy atom. The van der Waals surface area contributed by atoms with Gasteiger partial charge in [-0.1, -0.05) is 36.6 Å². The smallest absolute Gasteiger partial charge is 0.0211 e. The molecule has 0 heterocycles. The van der Waals surface area contributed by atoms with Crippen molar-refractivity contribution >= 4 is 11.8 Å². The third-order valence-electron chi connectivity index (χ3n) is 4.06. The van der Waals surface area contributed by atoms with Gasteiger partial charge < -0.3 is 5.32 Å². The topological polar surface area (TPSA) is 12.0 Å². The van der Waals surface area contributed by atoms with E-state index in [4.69, 9.17) is 0 Å². The van der Waals surface area contributed by atoms with Gasteiger partial charge in [0.2, 0.25) is 0 Å². The molecule has 1 N–H and O–H groups in total. The van der Waals surface area contributed by atoms with Gasteiger partial charge in [-0.05, 0) is 44.1 Å². The molecule has 100 valence electrons. The molecule has 1 aromatic carbocycles. The minimum absolute atomic E-state index is 0.702. The fraction of sp³-hybridized carbons (Fsp3) is 0.625. The summed E-state index contributed by atoms with van der Waals surface area (Å²) in [4.78, 5) is 0. The summed E-state index contributed by atoms with van der Waals surface area (Å²) in [6, 6.07) is 7.46. The minimum Gasteiger partial charge on any atom is -0.309 e. The number of hydrogen-bond donors (Lipinski definition) is 1. The average molecular weight is 263 g/mol. The highest BCUT2D eigenvalue weighted by Gasteiger charge is 2.23. The van der Waals surface area contributed by atoms with Crippen LogP contribution in [0.1, 0.15) is 42.4 Å². The summed E-state index contributed by atoms with van der Waals surface area (Å²) < 4.78 is 0. The zero-order valence-electron chi connectivity index (χ0n) is 11.8. The van der Waals surface area contributed by atoms with Crippen LogP contribution in [0.5, 0.6) is 0 Å². The molecule has 0 aromatic heterocycles. The molecule has 1 fully saturated rings. The van der Waals surface area contributed by atoms with Gasteiger partial charge in [-0.15, -0.1) is 0 Å². The highest BCUT2D eigenvalue weighted by Crippen LogP contribution is 2.27. The van der Waals surface area contributed by atoms with Crippen molar-refractivity contribution in [3.63, 3.8) is 0 Å². The SMILES string of the molecule is CSC1CCCCC1NCc1cc(C)ccc1C. The maximum Gasteiger partial charge on any atom is 0.0211 e. The zero-order valence-corrected chi connectivity index (χ0v) is 12.6. The molecule has 2 unspecified atom stereocenters. The van der Waals surface area contributed by atoms with Gasteiger partial charge in [0.1, 0.15) is 0 Å². The second-order valence-electron chi connectivity index (χ2n) is 5.48. The van der Waals surface area contributed by atoms with Gasteiger partial charge in [-0.3, -0.25) is 0 Å². The molecule has 1 saturated carbocycles. The Balaban J connectivity index is 1.95. The van der Waals surface area contributed by atoms with Gasteiger partial charge in [0.15, 0.2) is 0 Å². The van der Waals surface area contributed by atoms with Crippen molar-refractivity contribution in [2.75, 3.05) is 6.26 Å². The van der Waals surface area contributed by atoms with Crippen molar-refractivity contribution in [2.24, 2.45) is 0 Å². The van der Waals surface area contributed by atoms with Gasteiger partial charge in [0.25, 0.3) is 0 Å². The van der Waals surface area contributed by atoms with Gasteiger partial charge in [-0.25, -0.2) is 0 Å². The lowest BCUT2D eigenvalue weighted by Crippen LogP contribution is -2.40. The Morgan fingerprint density at radius 1 is 1.22 bits per heavy atom. The Morgan fingerprint density at radius 3 is 2.78 bits per heavy atom. The summed E-state index contributed by atoms with van der Waals surface area (Å²) in [6.07, 6.45) is 7.78. The van der Waals surface area contributed by atoms with E-state index < -0.39 is 0 Å². The summed E-state index contributed by atoms with van der Waals surface area (Å²) >= 11 is 2.03. The van der Waals surface area contributed by atoms with E-state index in [0.717, 1.165) is 11.8 Å². The maximum absolute atomic E-state index is 3.79. The summed E-state index contributed by atoms with van der Waals surface area (Å²) in [5.41, 5.74) is 4.23. The Bertz CT molecular complexity index is 389. The molecule has 1 aliphatic rings. The summed E-state index contributed by atoms with van der Waals surface area (Å²) in [5, 5.41) is 4.60. The second-order valence-corrected chi connectivity index (χ2v) is 6.55. The van der Waals surface area contributed by atoms with Crippen LogP contribution in [0.4, 0.5) is 0 Å². The molecular weight excluding hydrogens is 238 g/mol. The number of rotatable bonds is 4. The fourth-order valence-electron chi connectivity index (χ4n) is 2.84. The lowest BCUT2D eigenvalue weighted by Gasteiger charge is -2.31. The van der Waals surface area contributed by atoms with Gasteiger partial charge in [0.05, 0.1) is 0 Å². The van der Waals surface area contributed by atoms with Crippen LogP contribution in [0.15, 0.2) is 18.2 Å². The van der Waals surface area contributed by atoms with Crippen molar-refractivity contribution < 1.29 is 0 Å². The maximum atomic E-state index is 3.79. The first-order valence-corrected chi connectivity index (χ1v) is 8.32. The number of nitrogens with one attached hydrogen (secondary N) is 1. The molecule has 0 spiro atoms. The molecule has 2 heteroatoms. The first-order chi connectivity index (χ1) is 8.70. The van der Waals surface area contributed by atoms with Crippen LogP contribution < -0.4 is 5.32 Å². The van der Waals surface area contributed by atoms with Crippen molar-refractivity contribution in [3.05, 3.63) is 34.9 Å². The molecule has 2 rings (SSSR count). The van der Waals surface area contributed by atoms with Crippen LogP contribution in [-0.4, -0.2) is 17.5 Å². The predicted molar refractivity (Wildman–Crippen MR) is 82.3 cm³/mol. The van der Waals surface area contributed by atoms with E-state index in [9.17, 15) is 0 Å². The predicted octanol–water partition coefficient (Wildman–Crippen LogP) is 4.07. The van der Waals surface area contributed by atoms with E-state index in [0.29, 0.717) is 6.04 Å². The van der Waals surface area contributed by atoms with E-state index in [-0.39, 0.29) is 0 Å².